The molecule has 8 heteroatoms. The number of aliphatic hydroxyl groups excluding tert-OH is 2. The van der Waals surface area contributed by atoms with Crippen LogP contribution in [0.2, 0.25) is 0 Å². The number of esters is 1. The van der Waals surface area contributed by atoms with Gasteiger partial charge in [-0.15, -0.1) is 6.58 Å². The summed E-state index contributed by atoms with van der Waals surface area (Å²) in [7, 11) is 1.12. The van der Waals surface area contributed by atoms with Crippen LogP contribution in [0.25, 0.3) is 0 Å². The standard InChI is InChI=1S/C13H22N2O6/c1-4-5-9(11(18)14-8(2)6-16)12(19)15-10(7-17)13(20)21-3/h4,8-10,16-17H,1,5-7H2,2-3H3,(H,14,18)(H,15,19)/t8-,9?,10+/m0/s1. The molecule has 0 aromatic rings. The number of methoxy groups -OCH3 is 1. The Balaban J connectivity index is 4.85. The van der Waals surface area contributed by atoms with Gasteiger partial charge in [-0.25, -0.2) is 4.79 Å². The first kappa shape index (κ1) is 19.1. The largest absolute Gasteiger partial charge is 0.467 e. The van der Waals surface area contributed by atoms with E-state index in [-0.39, 0.29) is 13.0 Å². The fraction of sp³-hybridized carbons (Fsp3) is 0.615. The number of rotatable bonds is 9. The van der Waals surface area contributed by atoms with E-state index in [1.165, 1.54) is 6.08 Å². The number of carbonyl (C=O) groups is 3. The third kappa shape index (κ3) is 6.37. The number of allylic oxidation sites excluding steroid dienone is 1. The summed E-state index contributed by atoms with van der Waals surface area (Å²) >= 11 is 0. The average molecular weight is 302 g/mol. The number of ether oxygens (including phenoxy) is 1. The maximum Gasteiger partial charge on any atom is 0.330 e. The summed E-state index contributed by atoms with van der Waals surface area (Å²) in [6, 6.07) is -1.75. The first-order chi connectivity index (χ1) is 9.90. The van der Waals surface area contributed by atoms with Crippen LogP contribution < -0.4 is 10.6 Å². The van der Waals surface area contributed by atoms with Crippen molar-refractivity contribution in [2.24, 2.45) is 5.92 Å². The van der Waals surface area contributed by atoms with Crippen LogP contribution in [-0.2, 0) is 19.1 Å². The number of hydrogen-bond acceptors (Lipinski definition) is 6. The topological polar surface area (TPSA) is 125 Å². The van der Waals surface area contributed by atoms with Gasteiger partial charge in [-0.1, -0.05) is 6.08 Å². The van der Waals surface area contributed by atoms with Gasteiger partial charge in [0.1, 0.15) is 5.92 Å². The summed E-state index contributed by atoms with van der Waals surface area (Å²) in [5.74, 6) is -3.26. The van der Waals surface area contributed by atoms with Crippen molar-refractivity contribution in [1.29, 1.82) is 0 Å². The van der Waals surface area contributed by atoms with Crippen molar-refractivity contribution in [3.8, 4) is 0 Å². The predicted molar refractivity (Wildman–Crippen MR) is 74.0 cm³/mol. The summed E-state index contributed by atoms with van der Waals surface area (Å²) in [6.07, 6.45) is 1.44. The Morgan fingerprint density at radius 2 is 1.76 bits per heavy atom. The molecule has 0 bridgehead atoms. The first-order valence-corrected chi connectivity index (χ1v) is 6.42. The lowest BCUT2D eigenvalue weighted by atomic mass is 10.0. The Labute approximate surface area is 123 Å². The monoisotopic (exact) mass is 302 g/mol. The molecule has 0 fully saturated rings. The molecule has 120 valence electrons. The van der Waals surface area contributed by atoms with Crippen LogP contribution in [0.3, 0.4) is 0 Å². The highest BCUT2D eigenvalue weighted by Gasteiger charge is 2.30. The predicted octanol–water partition coefficient (Wildman–Crippen LogP) is -1.67. The molecule has 0 saturated carbocycles. The molecule has 0 aliphatic carbocycles. The van der Waals surface area contributed by atoms with Gasteiger partial charge in [-0.3, -0.25) is 9.59 Å². The van der Waals surface area contributed by atoms with E-state index in [1.807, 2.05) is 0 Å². The zero-order valence-electron chi connectivity index (χ0n) is 12.2. The van der Waals surface area contributed by atoms with Crippen molar-refractivity contribution < 1.29 is 29.3 Å². The quantitative estimate of drug-likeness (QED) is 0.229. The number of aliphatic hydroxyl groups is 2. The van der Waals surface area contributed by atoms with E-state index in [0.29, 0.717) is 0 Å². The van der Waals surface area contributed by atoms with Crippen LogP contribution in [0.15, 0.2) is 12.7 Å². The van der Waals surface area contributed by atoms with Crippen LogP contribution in [0.5, 0.6) is 0 Å². The molecule has 4 N–H and O–H groups in total. The highest BCUT2D eigenvalue weighted by molar-refractivity contribution is 6.01. The summed E-state index contributed by atoms with van der Waals surface area (Å²) in [4.78, 5) is 35.3. The van der Waals surface area contributed by atoms with E-state index in [4.69, 9.17) is 10.2 Å². The zero-order chi connectivity index (χ0) is 16.4. The van der Waals surface area contributed by atoms with E-state index in [0.717, 1.165) is 7.11 Å². The second kappa shape index (κ2) is 9.89. The molecule has 3 atom stereocenters. The summed E-state index contributed by atoms with van der Waals surface area (Å²) in [6.45, 7) is 4.13. The normalized spacial score (nSPS) is 14.5. The Hall–Kier alpha value is -1.93. The van der Waals surface area contributed by atoms with Crippen LogP contribution >= 0.6 is 0 Å². The number of nitrogens with one attached hydrogen (secondary N) is 2. The molecule has 0 aromatic carbocycles. The van der Waals surface area contributed by atoms with Gasteiger partial charge in [0.25, 0.3) is 0 Å². The fourth-order valence-corrected chi connectivity index (χ4v) is 1.48. The van der Waals surface area contributed by atoms with Crippen molar-refractivity contribution >= 4 is 17.8 Å². The Morgan fingerprint density at radius 3 is 2.19 bits per heavy atom. The van der Waals surface area contributed by atoms with Gasteiger partial charge in [-0.2, -0.15) is 0 Å². The minimum absolute atomic E-state index is 0.0507. The molecule has 0 saturated heterocycles. The van der Waals surface area contributed by atoms with Crippen LogP contribution in [0, 0.1) is 5.92 Å². The summed E-state index contributed by atoms with van der Waals surface area (Å²) in [5, 5.41) is 22.6. The molecule has 0 radical (unpaired) electrons. The van der Waals surface area contributed by atoms with Gasteiger partial charge in [0.2, 0.25) is 11.8 Å². The molecular formula is C13H22N2O6. The average Bonchev–Trinajstić information content (AvgIpc) is 2.48. The summed E-state index contributed by atoms with van der Waals surface area (Å²) in [5.41, 5.74) is 0. The fourth-order valence-electron chi connectivity index (χ4n) is 1.48. The van der Waals surface area contributed by atoms with E-state index in [9.17, 15) is 14.4 Å². The minimum Gasteiger partial charge on any atom is -0.467 e. The highest BCUT2D eigenvalue weighted by Crippen LogP contribution is 2.06. The van der Waals surface area contributed by atoms with Gasteiger partial charge < -0.3 is 25.6 Å². The van der Waals surface area contributed by atoms with Gasteiger partial charge >= 0.3 is 5.97 Å². The van der Waals surface area contributed by atoms with E-state index >= 15 is 0 Å². The Kier molecular flexibility index (Phi) is 8.98. The van der Waals surface area contributed by atoms with Crippen LogP contribution in [0.4, 0.5) is 0 Å². The van der Waals surface area contributed by atoms with E-state index in [2.05, 4.69) is 21.9 Å². The number of carbonyl (C=O) groups excluding carboxylic acids is 3. The van der Waals surface area contributed by atoms with Crippen molar-refractivity contribution in [1.82, 2.24) is 10.6 Å². The molecule has 0 aliphatic heterocycles. The van der Waals surface area contributed by atoms with E-state index in [1.54, 1.807) is 6.92 Å². The number of hydrogen-bond donors (Lipinski definition) is 4. The number of amides is 2. The van der Waals surface area contributed by atoms with Gasteiger partial charge in [-0.05, 0) is 13.3 Å². The Morgan fingerprint density at radius 1 is 1.19 bits per heavy atom. The molecule has 0 rings (SSSR count). The lowest BCUT2D eigenvalue weighted by molar-refractivity contribution is -0.148. The Bertz CT molecular complexity index is 385. The lowest BCUT2D eigenvalue weighted by Gasteiger charge is -2.20. The third-order valence-corrected chi connectivity index (χ3v) is 2.68. The molecule has 8 nitrogen and oxygen atoms in total. The SMILES string of the molecule is C=CCC(C(=O)N[C@@H](C)CO)C(=O)N[C@H](CO)C(=O)OC. The second-order valence-electron chi connectivity index (χ2n) is 4.44. The van der Waals surface area contributed by atoms with Gasteiger partial charge in [0.05, 0.1) is 20.3 Å². The van der Waals surface area contributed by atoms with Crippen LogP contribution in [0.1, 0.15) is 13.3 Å². The van der Waals surface area contributed by atoms with E-state index < -0.39 is 42.4 Å². The molecular weight excluding hydrogens is 280 g/mol. The van der Waals surface area contributed by atoms with Gasteiger partial charge in [0.15, 0.2) is 6.04 Å². The highest BCUT2D eigenvalue weighted by atomic mass is 16.5. The van der Waals surface area contributed by atoms with Crippen molar-refractivity contribution in [2.45, 2.75) is 25.4 Å². The molecule has 21 heavy (non-hydrogen) atoms. The maximum absolute atomic E-state index is 12.0. The van der Waals surface area contributed by atoms with Crippen molar-refractivity contribution in [3.63, 3.8) is 0 Å². The smallest absolute Gasteiger partial charge is 0.330 e. The molecule has 0 aliphatic rings. The molecule has 0 aromatic heterocycles. The van der Waals surface area contributed by atoms with Crippen LogP contribution in [-0.4, -0.2) is 60.4 Å². The summed E-state index contributed by atoms with van der Waals surface area (Å²) < 4.78 is 4.42. The molecule has 0 heterocycles. The molecule has 0 spiro atoms. The maximum atomic E-state index is 12.0. The second-order valence-corrected chi connectivity index (χ2v) is 4.44. The van der Waals surface area contributed by atoms with Crippen molar-refractivity contribution in [2.75, 3.05) is 20.3 Å². The zero-order valence-corrected chi connectivity index (χ0v) is 12.2. The minimum atomic E-state index is -1.24. The van der Waals surface area contributed by atoms with Gasteiger partial charge in [0, 0.05) is 6.04 Å². The first-order valence-electron chi connectivity index (χ1n) is 6.42. The lowest BCUT2D eigenvalue weighted by Crippen LogP contribution is -2.50. The molecule has 2 amide bonds. The molecule has 1 unspecified atom stereocenters. The third-order valence-electron chi connectivity index (χ3n) is 2.68. The van der Waals surface area contributed by atoms with Crippen molar-refractivity contribution in [3.05, 3.63) is 12.7 Å².